The second-order valence-corrected chi connectivity index (χ2v) is 12.2. The Hall–Kier alpha value is -3.69. The van der Waals surface area contributed by atoms with Crippen LogP contribution in [-0.2, 0) is 29.5 Å². The van der Waals surface area contributed by atoms with Crippen LogP contribution in [0.25, 0.3) is 4.72 Å². The number of pyridine rings is 1. The van der Waals surface area contributed by atoms with Gasteiger partial charge in [0, 0.05) is 23.3 Å². The zero-order chi connectivity index (χ0) is 34.0. The van der Waals surface area contributed by atoms with Crippen LogP contribution in [0, 0.1) is 13.8 Å². The number of hydrogen-bond acceptors (Lipinski definition) is 4. The Labute approximate surface area is 295 Å². The largest absolute Gasteiger partial charge is 2.00 e. The molecule has 0 amide bonds. The number of sulfonamides is 1. The molecule has 0 saturated carbocycles. The van der Waals surface area contributed by atoms with Crippen LogP contribution >= 0.6 is 0 Å². The molecule has 0 aliphatic carbocycles. The summed E-state index contributed by atoms with van der Waals surface area (Å²) < 4.78 is 58.9. The molecule has 12 heteroatoms. The van der Waals surface area contributed by atoms with Crippen molar-refractivity contribution in [2.24, 2.45) is 5.73 Å². The first kappa shape index (κ1) is 44.3. The maximum atomic E-state index is 12.8. The Morgan fingerprint density at radius 3 is 1.42 bits per heavy atom. The fraction of sp³-hybridized carbons (Fsp3) is 0.194. The summed E-state index contributed by atoms with van der Waals surface area (Å²) in [7, 11) is -7.50. The third-order valence-electron chi connectivity index (χ3n) is 6.55. The van der Waals surface area contributed by atoms with E-state index in [9.17, 15) is 21.4 Å². The molecule has 0 spiro atoms. The Balaban J connectivity index is 0.000000821. The van der Waals surface area contributed by atoms with Crippen molar-refractivity contribution in [3.05, 3.63) is 172 Å². The fourth-order valence-corrected chi connectivity index (χ4v) is 5.18. The minimum Gasteiger partial charge on any atom is -1.00 e. The standard InChI is InChI=1S/C21H21N2O2S.C10H14.C5H5N.BF3.FH.Ru/c1-16-12-14-19(15-13-16)26(24,25)23-21(18-10-6-3-7-11-18)20(22)17-8-4-2-5-9-17;1-8(2)10-6-4-9(3)5-7-10;1-2-4-6-5-3-1;2-1(3)4;;/h2-15,20-21H,22H2,1H3;4-8H,1-3H3;1-5H;;1H;/q-1;;;;;+2/p-1/t20-,21-;;;;;/m0...../s1. The zero-order valence-corrected chi connectivity index (χ0v) is 29.7. The van der Waals surface area contributed by atoms with E-state index in [2.05, 4.69) is 54.7 Å². The predicted octanol–water partition coefficient (Wildman–Crippen LogP) is 6.58. The SMILES string of the molecule is Cc1ccc(C(C)C)cc1.Cc1ccc(S(=O)(=O)[N-][C@@H](c2ccccc2)[C@@H](N)c2ccccc2)cc1.FB(F)F.[F-].[Ru+2].c1ccncc1. The Kier molecular flexibility index (Phi) is 21.8. The van der Waals surface area contributed by atoms with Gasteiger partial charge in [-0.15, -0.1) is 0 Å². The van der Waals surface area contributed by atoms with Crippen LogP contribution in [-0.4, -0.2) is 20.9 Å². The molecule has 1 aromatic heterocycles. The van der Waals surface area contributed by atoms with Crippen molar-refractivity contribution >= 4 is 17.6 Å². The van der Waals surface area contributed by atoms with Crippen molar-refractivity contribution in [1.82, 2.24) is 4.98 Å². The molecular formula is C36H40BF4N3O2RuS. The molecule has 1 heterocycles. The molecule has 0 bridgehead atoms. The van der Waals surface area contributed by atoms with Gasteiger partial charge in [-0.05, 0) is 55.2 Å². The van der Waals surface area contributed by atoms with E-state index in [0.29, 0.717) is 5.92 Å². The van der Waals surface area contributed by atoms with Crippen molar-refractivity contribution in [3.8, 4) is 0 Å². The topological polar surface area (TPSA) is 87.2 Å². The van der Waals surface area contributed by atoms with Gasteiger partial charge in [-0.25, -0.2) is 8.42 Å². The number of aryl methyl sites for hydroxylation is 2. The Morgan fingerprint density at radius 2 is 1.04 bits per heavy atom. The maximum Gasteiger partial charge on any atom is 2.00 e. The number of rotatable bonds is 7. The Morgan fingerprint density at radius 1 is 0.646 bits per heavy atom. The molecule has 4 aromatic carbocycles. The van der Waals surface area contributed by atoms with Gasteiger partial charge in [-0.2, -0.15) is 0 Å². The molecule has 0 unspecified atom stereocenters. The van der Waals surface area contributed by atoms with Gasteiger partial charge in [-0.3, -0.25) is 17.9 Å². The second kappa shape index (κ2) is 23.6. The van der Waals surface area contributed by atoms with E-state index in [1.807, 2.05) is 85.8 Å². The predicted molar refractivity (Wildman–Crippen MR) is 183 cm³/mol. The van der Waals surface area contributed by atoms with Crippen LogP contribution < -0.4 is 10.4 Å². The fourth-order valence-electron chi connectivity index (χ4n) is 4.03. The first-order valence-electron chi connectivity index (χ1n) is 14.6. The zero-order valence-electron chi connectivity index (χ0n) is 27.2. The number of benzene rings is 4. The monoisotopic (exact) mass is 767 g/mol. The van der Waals surface area contributed by atoms with Gasteiger partial charge in [-0.1, -0.05) is 140 Å². The summed E-state index contributed by atoms with van der Waals surface area (Å²) in [4.78, 5) is 3.96. The van der Waals surface area contributed by atoms with Crippen LogP contribution in [0.5, 0.6) is 0 Å². The Bertz CT molecular complexity index is 1590. The summed E-state index contributed by atoms with van der Waals surface area (Å²) in [6.45, 7) is 8.45. The van der Waals surface area contributed by atoms with Crippen LogP contribution in [0.2, 0.25) is 0 Å². The summed E-state index contributed by atoms with van der Waals surface area (Å²) in [6, 6.07) is 38.5. The summed E-state index contributed by atoms with van der Waals surface area (Å²) in [6.07, 6.45) is 3.50. The van der Waals surface area contributed by atoms with Gasteiger partial charge in [0.25, 0.3) is 0 Å². The van der Waals surface area contributed by atoms with Gasteiger partial charge in [0.2, 0.25) is 0 Å². The molecule has 0 aliphatic rings. The number of nitrogens with two attached hydrogens (primary N) is 1. The molecular weight excluding hydrogens is 726 g/mol. The molecule has 2 N–H and O–H groups in total. The van der Waals surface area contributed by atoms with Gasteiger partial charge < -0.3 is 15.2 Å². The summed E-state index contributed by atoms with van der Waals surface area (Å²) in [5, 5.41) is 0. The van der Waals surface area contributed by atoms with Crippen molar-refractivity contribution in [2.45, 2.75) is 50.6 Å². The maximum absolute atomic E-state index is 12.8. The van der Waals surface area contributed by atoms with Crippen molar-refractivity contribution < 1.29 is 45.5 Å². The van der Waals surface area contributed by atoms with E-state index >= 15 is 0 Å². The van der Waals surface area contributed by atoms with E-state index in [0.717, 1.165) is 16.7 Å². The van der Waals surface area contributed by atoms with E-state index < -0.39 is 29.7 Å². The van der Waals surface area contributed by atoms with E-state index in [4.69, 9.17) is 5.73 Å². The number of hydrogen-bond donors (Lipinski definition) is 1. The van der Waals surface area contributed by atoms with Crippen LogP contribution in [0.15, 0.2) is 145 Å². The van der Waals surface area contributed by atoms with Crippen LogP contribution in [0.4, 0.5) is 12.9 Å². The van der Waals surface area contributed by atoms with Gasteiger partial charge in [0.1, 0.15) is 10.0 Å². The van der Waals surface area contributed by atoms with Crippen LogP contribution in [0.1, 0.15) is 59.7 Å². The first-order valence-corrected chi connectivity index (χ1v) is 16.1. The summed E-state index contributed by atoms with van der Waals surface area (Å²) in [5.74, 6) is 0.653. The average Bonchev–Trinajstić information content (AvgIpc) is 3.06. The van der Waals surface area contributed by atoms with Crippen molar-refractivity contribution in [2.75, 3.05) is 0 Å². The smallest absolute Gasteiger partial charge is 1.00 e. The van der Waals surface area contributed by atoms with Gasteiger partial charge in [0.15, 0.2) is 0 Å². The number of halogens is 4. The average molecular weight is 767 g/mol. The normalized spacial score (nSPS) is 11.3. The van der Waals surface area contributed by atoms with E-state index in [-0.39, 0.29) is 29.1 Å². The molecule has 5 rings (SSSR count). The third kappa shape index (κ3) is 16.9. The molecule has 2 atom stereocenters. The second-order valence-electron chi connectivity index (χ2n) is 10.5. The van der Waals surface area contributed by atoms with E-state index in [1.54, 1.807) is 36.7 Å². The van der Waals surface area contributed by atoms with Gasteiger partial charge >= 0.3 is 27.0 Å². The first-order chi connectivity index (χ1) is 21.9. The molecule has 5 nitrogen and oxygen atoms in total. The quantitative estimate of drug-likeness (QED) is 0.150. The van der Waals surface area contributed by atoms with Crippen LogP contribution in [0.3, 0.4) is 0 Å². The number of nitrogens with zero attached hydrogens (tertiary/aromatic N) is 2. The molecule has 5 aromatic rings. The molecule has 0 radical (unpaired) electrons. The van der Waals surface area contributed by atoms with E-state index in [1.165, 1.54) is 11.1 Å². The summed E-state index contributed by atoms with van der Waals surface area (Å²) in [5.41, 5.74) is 11.8. The molecule has 0 saturated heterocycles. The third-order valence-corrected chi connectivity index (χ3v) is 7.92. The minimum absolute atomic E-state index is 0. The van der Waals surface area contributed by atoms with Crippen molar-refractivity contribution in [3.63, 3.8) is 0 Å². The number of aromatic nitrogens is 1. The summed E-state index contributed by atoms with van der Waals surface area (Å²) >= 11 is 0. The molecule has 0 aliphatic heterocycles. The van der Waals surface area contributed by atoms with Gasteiger partial charge in [0.05, 0.1) is 0 Å². The minimum atomic E-state index is -3.83. The molecule has 0 fully saturated rings. The molecule has 48 heavy (non-hydrogen) atoms. The van der Waals surface area contributed by atoms with Crippen molar-refractivity contribution in [1.29, 1.82) is 0 Å². The molecule has 256 valence electrons.